The summed E-state index contributed by atoms with van der Waals surface area (Å²) in [6, 6.07) is 6.51. The first-order valence-electron chi connectivity index (χ1n) is 7.81. The molecule has 138 valence electrons. The van der Waals surface area contributed by atoms with E-state index in [-0.39, 0.29) is 28.9 Å². The third-order valence-electron chi connectivity index (χ3n) is 3.63. The number of hydrogen-bond acceptors (Lipinski definition) is 6. The van der Waals surface area contributed by atoms with Crippen molar-refractivity contribution in [1.82, 2.24) is 5.32 Å². The van der Waals surface area contributed by atoms with Crippen molar-refractivity contribution in [3.8, 4) is 5.75 Å². The molecule has 1 aromatic carbocycles. The van der Waals surface area contributed by atoms with E-state index in [0.29, 0.717) is 4.88 Å². The molecule has 1 aromatic heterocycles. The van der Waals surface area contributed by atoms with E-state index < -0.39 is 16.9 Å². The number of anilines is 1. The summed E-state index contributed by atoms with van der Waals surface area (Å²) in [7, 11) is 1.40. The fourth-order valence-electron chi connectivity index (χ4n) is 2.27. The largest absolute Gasteiger partial charge is 0.495 e. The zero-order chi connectivity index (χ0) is 19.3. The summed E-state index contributed by atoms with van der Waals surface area (Å²) in [6.45, 7) is 3.59. The van der Waals surface area contributed by atoms with Crippen LogP contribution in [0.2, 0.25) is 0 Å². The number of carbonyl (C=O) groups is 2. The standard InChI is InChI=1S/C17H19N3O5S/c1-10(2)15(19-16(21)14-5-4-8-26-14)17(22)18-12-9-11(20(23)24)6-7-13(12)25-3/h4-10,15H,1-3H3,(H,18,22)(H,19,21). The summed E-state index contributed by atoms with van der Waals surface area (Å²) in [5.41, 5.74) is -0.00691. The van der Waals surface area contributed by atoms with E-state index in [1.807, 2.05) is 0 Å². The third kappa shape index (κ3) is 4.57. The number of ether oxygens (including phenoxy) is 1. The molecule has 1 heterocycles. The van der Waals surface area contributed by atoms with Gasteiger partial charge in [-0.05, 0) is 23.4 Å². The van der Waals surface area contributed by atoms with Gasteiger partial charge < -0.3 is 15.4 Å². The minimum atomic E-state index is -0.812. The number of amides is 2. The second kappa shape index (κ2) is 8.43. The van der Waals surface area contributed by atoms with Gasteiger partial charge in [-0.15, -0.1) is 11.3 Å². The van der Waals surface area contributed by atoms with Gasteiger partial charge in [0.05, 0.1) is 22.6 Å². The molecule has 0 aliphatic carbocycles. The maximum absolute atomic E-state index is 12.7. The molecule has 8 nitrogen and oxygen atoms in total. The average molecular weight is 377 g/mol. The lowest BCUT2D eigenvalue weighted by atomic mass is 10.0. The van der Waals surface area contributed by atoms with E-state index in [2.05, 4.69) is 10.6 Å². The van der Waals surface area contributed by atoms with E-state index in [1.165, 1.54) is 36.6 Å². The zero-order valence-corrected chi connectivity index (χ0v) is 15.3. The fraction of sp³-hybridized carbons (Fsp3) is 0.294. The van der Waals surface area contributed by atoms with Gasteiger partial charge in [0.15, 0.2) is 0 Å². The Morgan fingerprint density at radius 2 is 2.00 bits per heavy atom. The topological polar surface area (TPSA) is 111 Å². The lowest BCUT2D eigenvalue weighted by Gasteiger charge is -2.22. The van der Waals surface area contributed by atoms with Crippen molar-refractivity contribution in [3.63, 3.8) is 0 Å². The summed E-state index contributed by atoms with van der Waals surface area (Å²) in [4.78, 5) is 35.8. The Morgan fingerprint density at radius 3 is 2.54 bits per heavy atom. The van der Waals surface area contributed by atoms with Crippen molar-refractivity contribution < 1.29 is 19.2 Å². The summed E-state index contributed by atoms with van der Waals surface area (Å²) in [5.74, 6) is -0.733. The maximum Gasteiger partial charge on any atom is 0.271 e. The van der Waals surface area contributed by atoms with Crippen molar-refractivity contribution in [2.24, 2.45) is 5.92 Å². The summed E-state index contributed by atoms with van der Waals surface area (Å²) < 4.78 is 5.14. The van der Waals surface area contributed by atoms with E-state index in [0.717, 1.165) is 0 Å². The van der Waals surface area contributed by atoms with Crippen LogP contribution in [0.15, 0.2) is 35.7 Å². The van der Waals surface area contributed by atoms with E-state index in [4.69, 9.17) is 4.74 Å². The molecule has 26 heavy (non-hydrogen) atoms. The molecular formula is C17H19N3O5S. The summed E-state index contributed by atoms with van der Waals surface area (Å²) in [5, 5.41) is 18.0. The van der Waals surface area contributed by atoms with Crippen molar-refractivity contribution in [1.29, 1.82) is 0 Å². The number of nitro benzene ring substituents is 1. The van der Waals surface area contributed by atoms with Gasteiger partial charge in [-0.3, -0.25) is 19.7 Å². The Balaban J connectivity index is 2.21. The van der Waals surface area contributed by atoms with Gasteiger partial charge >= 0.3 is 0 Å². The first-order valence-corrected chi connectivity index (χ1v) is 8.69. The van der Waals surface area contributed by atoms with Crippen LogP contribution in [0, 0.1) is 16.0 Å². The first-order chi connectivity index (χ1) is 12.3. The van der Waals surface area contributed by atoms with Crippen LogP contribution in [0.3, 0.4) is 0 Å². The predicted molar refractivity (Wildman–Crippen MR) is 98.7 cm³/mol. The van der Waals surface area contributed by atoms with Crippen LogP contribution >= 0.6 is 11.3 Å². The Morgan fingerprint density at radius 1 is 1.27 bits per heavy atom. The van der Waals surface area contributed by atoms with Gasteiger partial charge in [-0.1, -0.05) is 19.9 Å². The number of nitrogens with one attached hydrogen (secondary N) is 2. The molecule has 0 aliphatic rings. The Bertz CT molecular complexity index is 805. The predicted octanol–water partition coefficient (Wildman–Crippen LogP) is 3.06. The van der Waals surface area contributed by atoms with Crippen LogP contribution in [0.25, 0.3) is 0 Å². The fourth-order valence-corrected chi connectivity index (χ4v) is 2.90. The Labute approximate surface area is 154 Å². The number of carbonyl (C=O) groups excluding carboxylic acids is 2. The molecule has 1 unspecified atom stereocenters. The zero-order valence-electron chi connectivity index (χ0n) is 14.5. The Kier molecular flexibility index (Phi) is 6.29. The highest BCUT2D eigenvalue weighted by Gasteiger charge is 2.26. The number of thiophene rings is 1. The maximum atomic E-state index is 12.7. The number of hydrogen-bond donors (Lipinski definition) is 2. The van der Waals surface area contributed by atoms with E-state index in [1.54, 1.807) is 31.4 Å². The van der Waals surface area contributed by atoms with Gasteiger partial charge in [0, 0.05) is 12.1 Å². The summed E-state index contributed by atoms with van der Waals surface area (Å²) in [6.07, 6.45) is 0. The number of nitro groups is 1. The quantitative estimate of drug-likeness (QED) is 0.569. The smallest absolute Gasteiger partial charge is 0.271 e. The molecule has 0 radical (unpaired) electrons. The van der Waals surface area contributed by atoms with Crippen molar-refractivity contribution in [2.75, 3.05) is 12.4 Å². The number of benzene rings is 1. The molecule has 2 N–H and O–H groups in total. The van der Waals surface area contributed by atoms with Gasteiger partial charge in [0.25, 0.3) is 11.6 Å². The van der Waals surface area contributed by atoms with Crippen LogP contribution < -0.4 is 15.4 Å². The number of rotatable bonds is 7. The molecule has 9 heteroatoms. The van der Waals surface area contributed by atoms with Crippen LogP contribution in [0.4, 0.5) is 11.4 Å². The van der Waals surface area contributed by atoms with Crippen LogP contribution in [0.1, 0.15) is 23.5 Å². The number of non-ortho nitro benzene ring substituents is 1. The van der Waals surface area contributed by atoms with Crippen LogP contribution in [-0.4, -0.2) is 29.9 Å². The molecule has 0 spiro atoms. The molecule has 0 bridgehead atoms. The lowest BCUT2D eigenvalue weighted by molar-refractivity contribution is -0.384. The summed E-state index contributed by atoms with van der Waals surface area (Å²) >= 11 is 1.27. The molecule has 2 aromatic rings. The Hall–Kier alpha value is -2.94. The van der Waals surface area contributed by atoms with Crippen LogP contribution in [-0.2, 0) is 4.79 Å². The van der Waals surface area contributed by atoms with E-state index in [9.17, 15) is 19.7 Å². The van der Waals surface area contributed by atoms with Crippen LogP contribution in [0.5, 0.6) is 5.75 Å². The van der Waals surface area contributed by atoms with Gasteiger partial charge in [0.1, 0.15) is 11.8 Å². The second-order valence-corrected chi connectivity index (χ2v) is 6.75. The normalized spacial score (nSPS) is 11.7. The molecule has 2 amide bonds. The molecule has 0 aliphatic heterocycles. The first kappa shape index (κ1) is 19.4. The van der Waals surface area contributed by atoms with Crippen molar-refractivity contribution in [2.45, 2.75) is 19.9 Å². The lowest BCUT2D eigenvalue weighted by Crippen LogP contribution is -2.47. The number of nitrogens with zero attached hydrogens (tertiary/aromatic N) is 1. The molecular weight excluding hydrogens is 358 g/mol. The minimum Gasteiger partial charge on any atom is -0.495 e. The molecule has 0 saturated carbocycles. The SMILES string of the molecule is COc1ccc([N+](=O)[O-])cc1NC(=O)C(NC(=O)c1cccs1)C(C)C. The molecule has 1 atom stereocenters. The number of methoxy groups -OCH3 is 1. The van der Waals surface area contributed by atoms with Crippen molar-refractivity contribution in [3.05, 3.63) is 50.7 Å². The average Bonchev–Trinajstić information content (AvgIpc) is 3.13. The van der Waals surface area contributed by atoms with Gasteiger partial charge in [-0.25, -0.2) is 0 Å². The monoisotopic (exact) mass is 377 g/mol. The van der Waals surface area contributed by atoms with E-state index >= 15 is 0 Å². The van der Waals surface area contributed by atoms with Gasteiger partial charge in [-0.2, -0.15) is 0 Å². The molecule has 2 rings (SSSR count). The highest BCUT2D eigenvalue weighted by molar-refractivity contribution is 7.12. The minimum absolute atomic E-state index is 0.169. The van der Waals surface area contributed by atoms with Gasteiger partial charge in [0.2, 0.25) is 5.91 Å². The highest BCUT2D eigenvalue weighted by Crippen LogP contribution is 2.29. The molecule has 0 saturated heterocycles. The third-order valence-corrected chi connectivity index (χ3v) is 4.50. The highest BCUT2D eigenvalue weighted by atomic mass is 32.1. The van der Waals surface area contributed by atoms with Crippen molar-refractivity contribution >= 4 is 34.5 Å². The second-order valence-electron chi connectivity index (χ2n) is 5.80. The molecule has 0 fully saturated rings.